The van der Waals surface area contributed by atoms with Gasteiger partial charge in [-0.2, -0.15) is 10.2 Å². The lowest BCUT2D eigenvalue weighted by atomic mass is 10.0. The summed E-state index contributed by atoms with van der Waals surface area (Å²) >= 11 is 0. The number of nitrogens with one attached hydrogen (secondary N) is 3. The van der Waals surface area contributed by atoms with Crippen molar-refractivity contribution in [2.45, 2.75) is 64.1 Å². The fourth-order valence-electron chi connectivity index (χ4n) is 11.3. The Morgan fingerprint density at radius 2 is 0.988 bits per heavy atom. The van der Waals surface area contributed by atoms with Gasteiger partial charge in [0.1, 0.15) is 28.9 Å². The minimum Gasteiger partial charge on any atom is -0.444 e. The predicted molar refractivity (Wildman–Crippen MR) is 306 cm³/mol. The summed E-state index contributed by atoms with van der Waals surface area (Å²) in [5.41, 5.74) is 7.42. The Kier molecular flexibility index (Phi) is 15.6. The van der Waals surface area contributed by atoms with Crippen LogP contribution in [0.5, 0.6) is 0 Å². The quantitative estimate of drug-likeness (QED) is 0.112. The number of carbonyl (C=O) groups excluding carboxylic acids is 3. The summed E-state index contributed by atoms with van der Waals surface area (Å²) in [5.74, 6) is -2.31. The molecule has 0 radical (unpaired) electrons. The van der Waals surface area contributed by atoms with Crippen molar-refractivity contribution in [3.05, 3.63) is 180 Å². The van der Waals surface area contributed by atoms with E-state index in [0.717, 1.165) is 80.3 Å². The molecule has 8 aromatic rings. The summed E-state index contributed by atoms with van der Waals surface area (Å²) in [6, 6.07) is 29.6. The summed E-state index contributed by atoms with van der Waals surface area (Å²) < 4.78 is 65.8. The molecule has 420 valence electrons. The maximum atomic E-state index is 14.6. The van der Waals surface area contributed by atoms with E-state index in [1.54, 1.807) is 32.5 Å². The number of aromatic nitrogens is 4. The standard InChI is InChI=1S/C33H36F2N6O3.C28H28F2N6O/c1-33(2,3)44-32(43)39-17-15-38(16-18-39)24-9-7-23(8-10-24)37-31(42)27-21-36-41-14-12-25(20-30(27)41)40-13-4-5-29(40)26-19-22(34)6-11-28(26)35;29-19-3-8-25(30)23(16-19)26-2-1-12-35(26)22-9-13-36-27(17-22)24(18-32-36)28(37)33-20-4-6-21(7-5-20)34-14-10-31-11-15-34/h6-12,14,19-21,29H,4-5,13,15-18H2,1-3H3,(H,37,42);3-9,13,16-18,26,31H,1-2,10-12,14-15H2,(H,33,37)/t29-;26-/m11/s1. The number of halogens is 4. The van der Waals surface area contributed by atoms with Gasteiger partial charge in [-0.3, -0.25) is 9.59 Å². The van der Waals surface area contributed by atoms with Crippen LogP contribution in [0.1, 0.15) is 90.4 Å². The van der Waals surface area contributed by atoms with Crippen molar-refractivity contribution >= 4 is 63.1 Å². The maximum Gasteiger partial charge on any atom is 0.410 e. The van der Waals surface area contributed by atoms with E-state index in [9.17, 15) is 31.9 Å². The van der Waals surface area contributed by atoms with E-state index in [4.69, 9.17) is 4.74 Å². The van der Waals surface area contributed by atoms with Crippen molar-refractivity contribution in [2.75, 3.05) is 95.7 Å². The van der Waals surface area contributed by atoms with E-state index in [0.29, 0.717) is 90.4 Å². The van der Waals surface area contributed by atoms with Gasteiger partial charge >= 0.3 is 6.09 Å². The number of ether oxygens (including phenoxy) is 1. The Bertz CT molecular complexity index is 3570. The highest BCUT2D eigenvalue weighted by atomic mass is 19.1. The SMILES string of the molecule is CC(C)(C)OC(=O)N1CCN(c2ccc(NC(=O)c3cnn4ccc(N5CCC[C@@H]5c5cc(F)ccc5F)cc34)cc2)CC1.O=C(Nc1ccc(N2CCNCC2)cc1)c1cnn2ccc(N3CCC[C@@H]3c3cc(F)ccc3F)cc12. The van der Waals surface area contributed by atoms with Gasteiger partial charge in [0.15, 0.2) is 0 Å². The molecule has 12 rings (SSSR count). The molecule has 8 heterocycles. The zero-order valence-electron chi connectivity index (χ0n) is 45.4. The zero-order valence-corrected chi connectivity index (χ0v) is 45.4. The number of hydrogen-bond donors (Lipinski definition) is 3. The van der Waals surface area contributed by atoms with Crippen LogP contribution in [0.15, 0.2) is 134 Å². The van der Waals surface area contributed by atoms with E-state index >= 15 is 0 Å². The number of piperazine rings is 2. The van der Waals surface area contributed by atoms with Crippen LogP contribution < -0.4 is 35.6 Å². The summed E-state index contributed by atoms with van der Waals surface area (Å²) in [6.07, 6.45) is 9.48. The molecule has 4 aromatic carbocycles. The summed E-state index contributed by atoms with van der Waals surface area (Å²) in [4.78, 5) is 49.3. The monoisotopic (exact) mass is 1100 g/mol. The number of nitrogens with zero attached hydrogens (tertiary/aromatic N) is 9. The number of rotatable bonds is 10. The second-order valence-electron chi connectivity index (χ2n) is 21.8. The Labute approximate surface area is 466 Å². The minimum absolute atomic E-state index is 0.254. The van der Waals surface area contributed by atoms with Gasteiger partial charge in [0, 0.05) is 123 Å². The number of benzene rings is 4. The number of hydrogen-bond acceptors (Lipinski definition) is 11. The van der Waals surface area contributed by atoms with Gasteiger partial charge in [-0.05, 0) is 156 Å². The fourth-order valence-corrected chi connectivity index (χ4v) is 11.3. The van der Waals surface area contributed by atoms with Crippen LogP contribution in [0.3, 0.4) is 0 Å². The van der Waals surface area contributed by atoms with Gasteiger partial charge < -0.3 is 45.2 Å². The first-order valence-electron chi connectivity index (χ1n) is 27.5. The molecule has 0 unspecified atom stereocenters. The van der Waals surface area contributed by atoms with Gasteiger partial charge in [-0.15, -0.1) is 0 Å². The Morgan fingerprint density at radius 1 is 0.543 bits per heavy atom. The fraction of sp³-hybridized carbons (Fsp3) is 0.328. The van der Waals surface area contributed by atoms with Gasteiger partial charge in [0.2, 0.25) is 0 Å². The first kappa shape index (κ1) is 54.3. The lowest BCUT2D eigenvalue weighted by molar-refractivity contribution is 0.0240. The van der Waals surface area contributed by atoms with Crippen molar-refractivity contribution in [2.24, 2.45) is 0 Å². The number of fused-ring (bicyclic) bond motifs is 2. The molecule has 20 heteroatoms. The normalized spacial score (nSPS) is 17.6. The van der Waals surface area contributed by atoms with Crippen molar-refractivity contribution in [1.29, 1.82) is 0 Å². The molecule has 4 aromatic heterocycles. The third-order valence-electron chi connectivity index (χ3n) is 15.3. The molecule has 4 saturated heterocycles. The Hall–Kier alpha value is -8.65. The zero-order chi connectivity index (χ0) is 56.4. The van der Waals surface area contributed by atoms with E-state index in [2.05, 4.69) is 45.7 Å². The predicted octanol–water partition coefficient (Wildman–Crippen LogP) is 10.9. The Balaban J connectivity index is 0.000000173. The minimum atomic E-state index is -0.526. The molecule has 16 nitrogen and oxygen atoms in total. The highest BCUT2D eigenvalue weighted by Crippen LogP contribution is 2.40. The third-order valence-corrected chi connectivity index (χ3v) is 15.3. The highest BCUT2D eigenvalue weighted by Gasteiger charge is 2.32. The molecule has 0 spiro atoms. The van der Waals surface area contributed by atoms with Crippen LogP contribution in [0.25, 0.3) is 11.0 Å². The molecule has 4 fully saturated rings. The number of anilines is 6. The Morgan fingerprint density at radius 3 is 1.43 bits per heavy atom. The van der Waals surface area contributed by atoms with Crippen LogP contribution in [-0.4, -0.2) is 113 Å². The molecule has 3 N–H and O–H groups in total. The van der Waals surface area contributed by atoms with Crippen LogP contribution >= 0.6 is 0 Å². The van der Waals surface area contributed by atoms with E-state index in [1.165, 1.54) is 30.5 Å². The number of pyridine rings is 2. The number of carbonyl (C=O) groups is 3. The summed E-state index contributed by atoms with van der Waals surface area (Å²) in [6.45, 7) is 13.3. The van der Waals surface area contributed by atoms with Gasteiger partial charge in [-0.1, -0.05) is 0 Å². The molecular weight excluding hydrogens is 1040 g/mol. The summed E-state index contributed by atoms with van der Waals surface area (Å²) in [7, 11) is 0. The van der Waals surface area contributed by atoms with Crippen molar-refractivity contribution < 1.29 is 36.7 Å². The molecule has 0 saturated carbocycles. The van der Waals surface area contributed by atoms with Crippen LogP contribution in [0.4, 0.5) is 56.5 Å². The molecular formula is C61H64F4N12O4. The first-order valence-corrected chi connectivity index (χ1v) is 27.5. The van der Waals surface area contributed by atoms with Gasteiger partial charge in [0.25, 0.3) is 11.8 Å². The third kappa shape index (κ3) is 12.1. The van der Waals surface area contributed by atoms with E-state index < -0.39 is 28.9 Å². The first-order chi connectivity index (χ1) is 39.1. The highest BCUT2D eigenvalue weighted by molar-refractivity contribution is 6.10. The second-order valence-corrected chi connectivity index (χ2v) is 21.8. The topological polar surface area (TPSA) is 147 Å². The van der Waals surface area contributed by atoms with Gasteiger partial charge in [0.05, 0.1) is 46.6 Å². The molecule has 0 bridgehead atoms. The van der Waals surface area contributed by atoms with E-state index in [-0.39, 0.29) is 30.0 Å². The van der Waals surface area contributed by atoms with Crippen LogP contribution in [-0.2, 0) is 4.74 Å². The average Bonchev–Trinajstić information content (AvgIpc) is 4.53. The summed E-state index contributed by atoms with van der Waals surface area (Å²) in [5, 5.41) is 18.0. The molecule has 0 aliphatic carbocycles. The smallest absolute Gasteiger partial charge is 0.410 e. The number of amides is 3. The largest absolute Gasteiger partial charge is 0.444 e. The lowest BCUT2D eigenvalue weighted by Crippen LogP contribution is -2.50. The van der Waals surface area contributed by atoms with Crippen molar-refractivity contribution in [3.63, 3.8) is 0 Å². The van der Waals surface area contributed by atoms with Crippen LogP contribution in [0.2, 0.25) is 0 Å². The van der Waals surface area contributed by atoms with Crippen LogP contribution in [0, 0.1) is 23.3 Å². The molecule has 81 heavy (non-hydrogen) atoms. The van der Waals surface area contributed by atoms with Crippen molar-refractivity contribution in [1.82, 2.24) is 29.4 Å². The maximum absolute atomic E-state index is 14.6. The molecule has 4 aliphatic heterocycles. The average molecular weight is 1110 g/mol. The molecule has 2 atom stereocenters. The molecule has 4 aliphatic rings. The van der Waals surface area contributed by atoms with Gasteiger partial charge in [-0.25, -0.2) is 31.4 Å². The van der Waals surface area contributed by atoms with E-state index in [1.807, 2.05) is 93.6 Å². The molecule has 3 amide bonds. The lowest BCUT2D eigenvalue weighted by Gasteiger charge is -2.36. The second kappa shape index (κ2) is 23.2. The van der Waals surface area contributed by atoms with Crippen molar-refractivity contribution in [3.8, 4) is 0 Å².